The third-order valence-corrected chi connectivity index (χ3v) is 5.76. The fraction of sp³-hybridized carbons (Fsp3) is 0.684. The number of likely N-dealkylation sites (N-methyl/N-ethyl adjacent to an activating group) is 1. The Kier molecular flexibility index (Phi) is 6.86. The number of amides is 1. The number of morpholine rings is 1. The van der Waals surface area contributed by atoms with Crippen molar-refractivity contribution in [3.63, 3.8) is 0 Å². The molecule has 1 spiro atoms. The molecule has 4 rings (SSSR count). The number of aliphatic hydroxyl groups excluding tert-OH is 1. The molecule has 1 atom stereocenters. The number of nitrogens with zero attached hydrogens (tertiary/aromatic N) is 5. The van der Waals surface area contributed by atoms with Crippen LogP contribution < -0.4 is 9.80 Å². The van der Waals surface area contributed by atoms with Gasteiger partial charge >= 0.3 is 0 Å². The zero-order valence-corrected chi connectivity index (χ0v) is 16.7. The van der Waals surface area contributed by atoms with Crippen molar-refractivity contribution in [1.82, 2.24) is 14.9 Å². The normalized spacial score (nSPS) is 24.1. The zero-order valence-electron chi connectivity index (χ0n) is 16.7. The van der Waals surface area contributed by atoms with Crippen LogP contribution in [0.5, 0.6) is 0 Å². The van der Waals surface area contributed by atoms with E-state index in [2.05, 4.69) is 14.8 Å². The van der Waals surface area contributed by atoms with Crippen LogP contribution in [0, 0.1) is 0 Å². The van der Waals surface area contributed by atoms with E-state index in [0.717, 1.165) is 57.1 Å². The highest BCUT2D eigenvalue weighted by atomic mass is 16.5. The van der Waals surface area contributed by atoms with Gasteiger partial charge in [0.15, 0.2) is 0 Å². The number of β-amino-alcohol motifs (C(OH)–C–C–N with tert-alkyl or cyclic N) is 1. The summed E-state index contributed by atoms with van der Waals surface area (Å²) in [4.78, 5) is 35.3. The van der Waals surface area contributed by atoms with Gasteiger partial charge in [-0.05, 0) is 31.7 Å². The molecule has 10 heteroatoms. The van der Waals surface area contributed by atoms with Crippen molar-refractivity contribution in [3.05, 3.63) is 12.3 Å². The number of carboxylic acid groups (broad SMARTS) is 1. The van der Waals surface area contributed by atoms with Gasteiger partial charge in [0, 0.05) is 46.0 Å². The lowest BCUT2D eigenvalue weighted by Crippen LogP contribution is -2.57. The number of aliphatic hydroxyl groups is 1. The Morgan fingerprint density at radius 3 is 2.66 bits per heavy atom. The van der Waals surface area contributed by atoms with Gasteiger partial charge in [-0.2, -0.15) is 4.98 Å². The topological polar surface area (TPSA) is 119 Å². The molecule has 0 aliphatic carbocycles. The van der Waals surface area contributed by atoms with E-state index in [9.17, 15) is 9.90 Å². The van der Waals surface area contributed by atoms with Crippen LogP contribution in [-0.2, 0) is 14.3 Å². The van der Waals surface area contributed by atoms with E-state index < -0.39 is 0 Å². The number of aromatic nitrogens is 2. The molecule has 1 aromatic heterocycles. The summed E-state index contributed by atoms with van der Waals surface area (Å²) < 4.78 is 5.91. The Labute approximate surface area is 170 Å². The van der Waals surface area contributed by atoms with Crippen molar-refractivity contribution in [2.75, 3.05) is 56.2 Å². The maximum absolute atomic E-state index is 11.7. The van der Waals surface area contributed by atoms with Crippen molar-refractivity contribution in [3.8, 4) is 0 Å². The summed E-state index contributed by atoms with van der Waals surface area (Å²) in [5.74, 6) is 1.67. The Bertz CT molecular complexity index is 710. The number of hydrogen-bond acceptors (Lipinski definition) is 8. The average Bonchev–Trinajstić information content (AvgIpc) is 2.72. The molecule has 29 heavy (non-hydrogen) atoms. The Morgan fingerprint density at radius 1 is 1.28 bits per heavy atom. The van der Waals surface area contributed by atoms with Crippen molar-refractivity contribution < 1.29 is 24.5 Å². The van der Waals surface area contributed by atoms with Crippen molar-refractivity contribution >= 4 is 24.1 Å². The number of carbonyl (C=O) groups is 2. The molecule has 1 aromatic rings. The van der Waals surface area contributed by atoms with E-state index in [1.165, 1.54) is 0 Å². The molecule has 2 N–H and O–H groups in total. The third kappa shape index (κ3) is 5.13. The summed E-state index contributed by atoms with van der Waals surface area (Å²) in [5.41, 5.74) is -0.228. The number of rotatable bonds is 2. The Balaban J connectivity index is 0.000000755. The van der Waals surface area contributed by atoms with Crippen molar-refractivity contribution in [1.29, 1.82) is 0 Å². The van der Waals surface area contributed by atoms with Crippen LogP contribution in [0.1, 0.15) is 25.7 Å². The fourth-order valence-corrected chi connectivity index (χ4v) is 4.14. The highest BCUT2D eigenvalue weighted by Crippen LogP contribution is 2.31. The first-order valence-electron chi connectivity index (χ1n) is 9.93. The molecule has 3 aliphatic rings. The van der Waals surface area contributed by atoms with Crippen LogP contribution in [0.3, 0.4) is 0 Å². The molecular formula is C19H29N5O5. The summed E-state index contributed by atoms with van der Waals surface area (Å²) in [5, 5.41) is 16.8. The third-order valence-electron chi connectivity index (χ3n) is 5.76. The van der Waals surface area contributed by atoms with Gasteiger partial charge in [-0.3, -0.25) is 9.59 Å². The van der Waals surface area contributed by atoms with Gasteiger partial charge in [0.05, 0.1) is 11.7 Å². The lowest BCUT2D eigenvalue weighted by atomic mass is 9.89. The van der Waals surface area contributed by atoms with Crippen molar-refractivity contribution in [2.45, 2.75) is 37.4 Å². The lowest BCUT2D eigenvalue weighted by Gasteiger charge is -2.46. The van der Waals surface area contributed by atoms with Crippen LogP contribution >= 0.6 is 0 Å². The van der Waals surface area contributed by atoms with Gasteiger partial charge in [0.1, 0.15) is 12.4 Å². The van der Waals surface area contributed by atoms with E-state index >= 15 is 0 Å². The summed E-state index contributed by atoms with van der Waals surface area (Å²) in [6.07, 6.45) is 5.09. The smallest absolute Gasteiger partial charge is 0.290 e. The summed E-state index contributed by atoms with van der Waals surface area (Å²) in [6, 6.07) is 1.91. The van der Waals surface area contributed by atoms with Gasteiger partial charge in [0.25, 0.3) is 6.47 Å². The van der Waals surface area contributed by atoms with Crippen LogP contribution in [0.25, 0.3) is 0 Å². The van der Waals surface area contributed by atoms with Gasteiger partial charge in [-0.1, -0.05) is 0 Å². The summed E-state index contributed by atoms with van der Waals surface area (Å²) in [7, 11) is 1.85. The van der Waals surface area contributed by atoms with E-state index in [4.69, 9.17) is 19.6 Å². The monoisotopic (exact) mass is 407 g/mol. The second kappa shape index (κ2) is 9.36. The van der Waals surface area contributed by atoms with Gasteiger partial charge < -0.3 is 29.6 Å². The molecular weight excluding hydrogens is 378 g/mol. The molecule has 3 aliphatic heterocycles. The van der Waals surface area contributed by atoms with E-state index in [1.54, 1.807) is 11.1 Å². The summed E-state index contributed by atoms with van der Waals surface area (Å²) >= 11 is 0. The summed E-state index contributed by atoms with van der Waals surface area (Å²) in [6.45, 7) is 3.77. The van der Waals surface area contributed by atoms with Crippen molar-refractivity contribution in [2.24, 2.45) is 0 Å². The predicted molar refractivity (Wildman–Crippen MR) is 106 cm³/mol. The second-order valence-corrected chi connectivity index (χ2v) is 7.77. The number of piperidine rings is 2. The molecule has 0 saturated carbocycles. The van der Waals surface area contributed by atoms with E-state index in [0.29, 0.717) is 13.1 Å². The lowest BCUT2D eigenvalue weighted by molar-refractivity contribution is -0.164. The quantitative estimate of drug-likeness (QED) is 0.651. The molecule has 3 fully saturated rings. The van der Waals surface area contributed by atoms with Crippen LogP contribution in [0.15, 0.2) is 12.3 Å². The predicted octanol–water partition coefficient (Wildman–Crippen LogP) is -0.0339. The first-order valence-corrected chi connectivity index (χ1v) is 9.93. The molecule has 10 nitrogen and oxygen atoms in total. The fourth-order valence-electron chi connectivity index (χ4n) is 4.14. The molecule has 1 amide bonds. The minimum Gasteiger partial charge on any atom is -0.483 e. The molecule has 160 valence electrons. The van der Waals surface area contributed by atoms with Crippen LogP contribution in [-0.4, -0.2) is 95.5 Å². The number of carbonyl (C=O) groups excluding carboxylic acids is 1. The van der Waals surface area contributed by atoms with Crippen LogP contribution in [0.2, 0.25) is 0 Å². The minimum atomic E-state index is -0.278. The highest BCUT2D eigenvalue weighted by molar-refractivity contribution is 5.78. The SMILES string of the molecule is CN1CC2(CCN(c3nccc(N4CCCC(O)C4)n3)CC2)OCC1=O.O=CO. The molecule has 4 heterocycles. The van der Waals surface area contributed by atoms with E-state index in [1.807, 2.05) is 13.1 Å². The molecule has 1 unspecified atom stereocenters. The Hall–Kier alpha value is -2.46. The molecule has 0 bridgehead atoms. The number of hydrogen-bond donors (Lipinski definition) is 2. The Morgan fingerprint density at radius 2 is 2.00 bits per heavy atom. The number of ether oxygens (including phenoxy) is 1. The van der Waals surface area contributed by atoms with Crippen LogP contribution in [0.4, 0.5) is 11.8 Å². The largest absolute Gasteiger partial charge is 0.483 e. The zero-order chi connectivity index (χ0) is 20.9. The first-order chi connectivity index (χ1) is 14.0. The van der Waals surface area contributed by atoms with Gasteiger partial charge in [0.2, 0.25) is 11.9 Å². The molecule has 0 aromatic carbocycles. The standard InChI is InChI=1S/C18H27N5O3.CH2O2/c1-21-13-18(26-12-16(21)25)5-9-22(10-6-18)17-19-7-4-15(20-17)23-8-2-3-14(24)11-23;2-1-3/h4,7,14,24H,2-3,5-6,8-13H2,1H3;1H,(H,2,3). The molecule has 3 saturated heterocycles. The minimum absolute atomic E-state index is 0.0535. The van der Waals surface area contributed by atoms with Gasteiger partial charge in [-0.25, -0.2) is 4.98 Å². The average molecular weight is 407 g/mol. The van der Waals surface area contributed by atoms with Gasteiger partial charge in [-0.15, -0.1) is 0 Å². The van der Waals surface area contributed by atoms with E-state index in [-0.39, 0.29) is 30.7 Å². The highest BCUT2D eigenvalue weighted by Gasteiger charge is 2.41. The first kappa shape index (κ1) is 21.3. The maximum Gasteiger partial charge on any atom is 0.290 e. The second-order valence-electron chi connectivity index (χ2n) is 7.77. The molecule has 0 radical (unpaired) electrons. The maximum atomic E-state index is 11.7. The number of anilines is 2.